The van der Waals surface area contributed by atoms with E-state index in [-0.39, 0.29) is 12.3 Å². The number of halogens is 1. The molecule has 0 unspecified atom stereocenters. The Labute approximate surface area is 191 Å². The van der Waals surface area contributed by atoms with E-state index in [2.05, 4.69) is 4.90 Å². The van der Waals surface area contributed by atoms with E-state index in [1.54, 1.807) is 12.0 Å². The Bertz CT molecular complexity index is 1070. The molecule has 0 aliphatic carbocycles. The highest BCUT2D eigenvalue weighted by molar-refractivity contribution is 7.22. The zero-order valence-electron chi connectivity index (χ0n) is 17.8. The maximum Gasteiger partial charge on any atom is 0.233 e. The molecule has 1 aliphatic rings. The molecular weight excluding hydrogens is 434 g/mol. The molecule has 8 heteroatoms. The summed E-state index contributed by atoms with van der Waals surface area (Å²) in [6.45, 7) is 6.58. The van der Waals surface area contributed by atoms with Gasteiger partial charge in [0.2, 0.25) is 5.91 Å². The Kier molecular flexibility index (Phi) is 7.07. The maximum absolute atomic E-state index is 13.4. The molecule has 0 saturated carbocycles. The lowest BCUT2D eigenvalue weighted by molar-refractivity contribution is -0.118. The Morgan fingerprint density at radius 1 is 1.26 bits per heavy atom. The van der Waals surface area contributed by atoms with Gasteiger partial charge in [0.05, 0.1) is 31.4 Å². The van der Waals surface area contributed by atoms with Crippen LogP contribution in [-0.4, -0.2) is 62.3 Å². The average molecular weight is 460 g/mol. The molecule has 1 fully saturated rings. The van der Waals surface area contributed by atoms with Crippen LogP contribution in [0.5, 0.6) is 5.75 Å². The van der Waals surface area contributed by atoms with E-state index in [0.717, 1.165) is 59.9 Å². The van der Waals surface area contributed by atoms with Crippen LogP contribution in [0.2, 0.25) is 5.02 Å². The van der Waals surface area contributed by atoms with E-state index >= 15 is 0 Å². The largest absolute Gasteiger partial charge is 0.494 e. The van der Waals surface area contributed by atoms with Crippen LogP contribution in [0.25, 0.3) is 10.2 Å². The molecule has 1 amide bonds. The normalized spacial score (nSPS) is 14.7. The van der Waals surface area contributed by atoms with Crippen molar-refractivity contribution in [3.63, 3.8) is 0 Å². The number of fused-ring (bicyclic) bond motifs is 1. The smallest absolute Gasteiger partial charge is 0.233 e. The quantitative estimate of drug-likeness (QED) is 0.530. The SMILES string of the molecule is COc1ccc(C)c2sc(N(CCN3CCOCC3)C(=O)Cc3ccccc3Cl)nc12. The molecule has 31 heavy (non-hydrogen) atoms. The number of rotatable bonds is 7. The van der Waals surface area contributed by atoms with Crippen molar-refractivity contribution in [3.05, 3.63) is 52.5 Å². The predicted octanol–water partition coefficient (Wildman–Crippen LogP) is 4.17. The number of thiazole rings is 1. The first-order valence-corrected chi connectivity index (χ1v) is 11.5. The van der Waals surface area contributed by atoms with Crippen molar-refractivity contribution in [1.29, 1.82) is 0 Å². The number of hydrogen-bond donors (Lipinski definition) is 0. The van der Waals surface area contributed by atoms with E-state index in [4.69, 9.17) is 26.1 Å². The van der Waals surface area contributed by atoms with Crippen molar-refractivity contribution >= 4 is 44.2 Å². The van der Waals surface area contributed by atoms with Gasteiger partial charge < -0.3 is 9.47 Å². The van der Waals surface area contributed by atoms with Crippen molar-refractivity contribution < 1.29 is 14.3 Å². The van der Waals surface area contributed by atoms with Gasteiger partial charge >= 0.3 is 0 Å². The molecule has 2 heterocycles. The number of anilines is 1. The topological polar surface area (TPSA) is 54.9 Å². The Morgan fingerprint density at radius 2 is 2.03 bits per heavy atom. The second-order valence-electron chi connectivity index (χ2n) is 7.53. The summed E-state index contributed by atoms with van der Waals surface area (Å²) in [6.07, 6.45) is 0.231. The summed E-state index contributed by atoms with van der Waals surface area (Å²) in [4.78, 5) is 22.3. The van der Waals surface area contributed by atoms with Gasteiger partial charge in [-0.1, -0.05) is 47.2 Å². The van der Waals surface area contributed by atoms with Gasteiger partial charge in [-0.2, -0.15) is 0 Å². The van der Waals surface area contributed by atoms with Crippen LogP contribution in [0.3, 0.4) is 0 Å². The summed E-state index contributed by atoms with van der Waals surface area (Å²) in [7, 11) is 1.64. The third-order valence-corrected chi connectivity index (χ3v) is 7.07. The minimum absolute atomic E-state index is 0.0166. The zero-order chi connectivity index (χ0) is 21.8. The van der Waals surface area contributed by atoms with E-state index < -0.39 is 0 Å². The van der Waals surface area contributed by atoms with Crippen molar-refractivity contribution in [1.82, 2.24) is 9.88 Å². The number of aryl methyl sites for hydroxylation is 1. The second-order valence-corrected chi connectivity index (χ2v) is 8.91. The van der Waals surface area contributed by atoms with Gasteiger partial charge in [0.1, 0.15) is 11.3 Å². The fraction of sp³-hybridized carbons (Fsp3) is 0.391. The number of amides is 1. The van der Waals surface area contributed by atoms with E-state index in [0.29, 0.717) is 16.7 Å². The van der Waals surface area contributed by atoms with Crippen LogP contribution in [0.4, 0.5) is 5.13 Å². The minimum Gasteiger partial charge on any atom is -0.494 e. The van der Waals surface area contributed by atoms with Crippen molar-refractivity contribution in [2.45, 2.75) is 13.3 Å². The Balaban J connectivity index is 1.64. The Hall–Kier alpha value is -2.19. The summed E-state index contributed by atoms with van der Waals surface area (Å²) >= 11 is 7.85. The van der Waals surface area contributed by atoms with Crippen LogP contribution in [0, 0.1) is 6.92 Å². The third kappa shape index (κ3) is 5.01. The highest BCUT2D eigenvalue weighted by Crippen LogP contribution is 2.36. The molecule has 2 aromatic carbocycles. The van der Waals surface area contributed by atoms with Gasteiger partial charge in [-0.25, -0.2) is 4.98 Å². The van der Waals surface area contributed by atoms with Gasteiger partial charge in [-0.15, -0.1) is 0 Å². The molecule has 1 aliphatic heterocycles. The summed E-state index contributed by atoms with van der Waals surface area (Å²) in [5.41, 5.74) is 2.73. The van der Waals surface area contributed by atoms with Crippen LogP contribution >= 0.6 is 22.9 Å². The summed E-state index contributed by atoms with van der Waals surface area (Å²) in [5.74, 6) is 0.701. The minimum atomic E-state index is -0.0166. The zero-order valence-corrected chi connectivity index (χ0v) is 19.3. The molecule has 0 atom stereocenters. The summed E-state index contributed by atoms with van der Waals surface area (Å²) < 4.78 is 12.0. The fourth-order valence-electron chi connectivity index (χ4n) is 3.67. The molecule has 4 rings (SSSR count). The van der Waals surface area contributed by atoms with Crippen molar-refractivity contribution in [3.8, 4) is 5.75 Å². The van der Waals surface area contributed by atoms with E-state index in [9.17, 15) is 4.79 Å². The average Bonchev–Trinajstić information content (AvgIpc) is 3.22. The predicted molar refractivity (Wildman–Crippen MR) is 126 cm³/mol. The number of nitrogens with zero attached hydrogens (tertiary/aromatic N) is 3. The van der Waals surface area contributed by atoms with Gasteiger partial charge in [-0.3, -0.25) is 14.6 Å². The molecule has 1 saturated heterocycles. The molecule has 0 radical (unpaired) electrons. The van der Waals surface area contributed by atoms with Gasteiger partial charge in [0.25, 0.3) is 0 Å². The number of hydrogen-bond acceptors (Lipinski definition) is 6. The molecule has 0 spiro atoms. The molecule has 6 nitrogen and oxygen atoms in total. The molecular formula is C23H26ClN3O3S. The first-order chi connectivity index (χ1) is 15.1. The number of methoxy groups -OCH3 is 1. The highest BCUT2D eigenvalue weighted by Gasteiger charge is 2.23. The molecule has 0 N–H and O–H groups in total. The molecule has 0 bridgehead atoms. The number of ether oxygens (including phenoxy) is 2. The fourth-order valence-corrected chi connectivity index (χ4v) is 4.97. The van der Waals surface area contributed by atoms with Crippen LogP contribution < -0.4 is 9.64 Å². The first-order valence-electron chi connectivity index (χ1n) is 10.3. The van der Waals surface area contributed by atoms with Crippen LogP contribution in [0.15, 0.2) is 36.4 Å². The van der Waals surface area contributed by atoms with E-state index in [1.165, 1.54) is 11.3 Å². The van der Waals surface area contributed by atoms with Gasteiger partial charge in [0, 0.05) is 31.2 Å². The number of carbonyl (C=O) groups excluding carboxylic acids is 1. The summed E-state index contributed by atoms with van der Waals surface area (Å²) in [5, 5.41) is 1.29. The molecule has 3 aromatic rings. The summed E-state index contributed by atoms with van der Waals surface area (Å²) in [6, 6.07) is 11.4. The monoisotopic (exact) mass is 459 g/mol. The van der Waals surface area contributed by atoms with Gasteiger partial charge in [-0.05, 0) is 30.2 Å². The lowest BCUT2D eigenvalue weighted by atomic mass is 10.1. The number of aromatic nitrogens is 1. The van der Waals surface area contributed by atoms with Crippen molar-refractivity contribution in [2.75, 3.05) is 51.4 Å². The second kappa shape index (κ2) is 9.96. The lowest BCUT2D eigenvalue weighted by Gasteiger charge is -2.29. The standard InChI is InChI=1S/C23H26ClN3O3S/c1-16-7-8-19(29-2)21-22(16)31-23(25-21)27(10-9-26-11-13-30-14-12-26)20(28)15-17-5-3-4-6-18(17)24/h3-8H,9-15H2,1-2H3. The van der Waals surface area contributed by atoms with Crippen LogP contribution in [0.1, 0.15) is 11.1 Å². The third-order valence-electron chi connectivity index (χ3n) is 5.49. The molecule has 164 valence electrons. The number of morpholine rings is 1. The van der Waals surface area contributed by atoms with E-state index in [1.807, 2.05) is 43.3 Å². The van der Waals surface area contributed by atoms with Gasteiger partial charge in [0.15, 0.2) is 5.13 Å². The lowest BCUT2D eigenvalue weighted by Crippen LogP contribution is -2.43. The number of benzene rings is 2. The number of carbonyl (C=O) groups is 1. The maximum atomic E-state index is 13.4. The van der Waals surface area contributed by atoms with Crippen molar-refractivity contribution in [2.24, 2.45) is 0 Å². The Morgan fingerprint density at radius 3 is 2.77 bits per heavy atom. The van der Waals surface area contributed by atoms with Crippen LogP contribution in [-0.2, 0) is 16.0 Å². The first kappa shape index (κ1) is 22.0. The highest BCUT2D eigenvalue weighted by atomic mass is 35.5. The molecule has 1 aromatic heterocycles.